The average Bonchev–Trinajstić information content (AvgIpc) is 2.30. The lowest BCUT2D eigenvalue weighted by atomic mass is 10.1. The molecule has 1 aromatic carbocycles. The van der Waals surface area contributed by atoms with Crippen molar-refractivity contribution in [1.29, 1.82) is 0 Å². The van der Waals surface area contributed by atoms with Gasteiger partial charge in [0.25, 0.3) is 0 Å². The number of aryl methyl sites for hydroxylation is 1. The van der Waals surface area contributed by atoms with Crippen LogP contribution in [0.25, 0.3) is 0 Å². The van der Waals surface area contributed by atoms with Crippen LogP contribution in [-0.2, 0) is 6.42 Å². The predicted molar refractivity (Wildman–Crippen MR) is 72.0 cm³/mol. The van der Waals surface area contributed by atoms with Gasteiger partial charge in [0.05, 0.1) is 6.26 Å². The molecule has 1 aromatic rings. The van der Waals surface area contributed by atoms with E-state index in [-0.39, 0.29) is 0 Å². The molecule has 0 amide bonds. The fourth-order valence-corrected chi connectivity index (χ4v) is 1.35. The first-order valence-corrected chi connectivity index (χ1v) is 5.86. The third kappa shape index (κ3) is 6.93. The normalized spacial score (nSPS) is 8.88. The first-order chi connectivity index (χ1) is 7.78. The zero-order valence-corrected chi connectivity index (χ0v) is 10.4. The van der Waals surface area contributed by atoms with E-state index in [2.05, 4.69) is 50.0 Å². The van der Waals surface area contributed by atoms with E-state index >= 15 is 0 Å². The molecule has 0 aliphatic carbocycles. The number of anilines is 1. The molecule has 0 unspecified atom stereocenters. The maximum atomic E-state index is 7.33. The molecule has 0 spiro atoms. The maximum absolute atomic E-state index is 7.33. The Bertz CT molecular complexity index is 267. The minimum atomic E-state index is 0.750. The Kier molecular flexibility index (Phi) is 9.18. The molecule has 0 atom stereocenters. The molecule has 2 nitrogen and oxygen atoms in total. The molecule has 0 fully saturated rings. The van der Waals surface area contributed by atoms with Crippen molar-refractivity contribution in [2.45, 2.75) is 33.1 Å². The number of benzene rings is 1. The van der Waals surface area contributed by atoms with Crippen molar-refractivity contribution in [3.8, 4) is 0 Å². The largest absolute Gasteiger partial charge is 0.516 e. The van der Waals surface area contributed by atoms with Gasteiger partial charge >= 0.3 is 0 Å². The molecule has 16 heavy (non-hydrogen) atoms. The Morgan fingerprint density at radius 2 is 1.75 bits per heavy atom. The van der Waals surface area contributed by atoms with E-state index in [4.69, 9.17) is 5.11 Å². The molecule has 0 bridgehead atoms. The van der Waals surface area contributed by atoms with Crippen molar-refractivity contribution in [2.24, 2.45) is 0 Å². The molecule has 0 saturated heterocycles. The summed E-state index contributed by atoms with van der Waals surface area (Å²) in [6, 6.07) is 8.75. The maximum Gasteiger partial charge on any atom is 0.0719 e. The SMILES string of the molecule is C=CO.CCCNc1ccc(CCC)cc1. The van der Waals surface area contributed by atoms with Gasteiger partial charge in [0.2, 0.25) is 0 Å². The highest BCUT2D eigenvalue weighted by atomic mass is 16.2. The summed E-state index contributed by atoms with van der Waals surface area (Å²) in [4.78, 5) is 0. The third-order valence-corrected chi connectivity index (χ3v) is 2.07. The summed E-state index contributed by atoms with van der Waals surface area (Å²) in [5.41, 5.74) is 2.67. The van der Waals surface area contributed by atoms with E-state index in [9.17, 15) is 0 Å². The van der Waals surface area contributed by atoms with E-state index in [0.29, 0.717) is 0 Å². The molecule has 90 valence electrons. The van der Waals surface area contributed by atoms with Crippen molar-refractivity contribution in [1.82, 2.24) is 0 Å². The lowest BCUT2D eigenvalue weighted by Crippen LogP contribution is -1.99. The molecule has 0 aromatic heterocycles. The average molecular weight is 221 g/mol. The van der Waals surface area contributed by atoms with Crippen LogP contribution in [0.1, 0.15) is 32.3 Å². The van der Waals surface area contributed by atoms with Crippen molar-refractivity contribution in [2.75, 3.05) is 11.9 Å². The summed E-state index contributed by atoms with van der Waals surface area (Å²) in [7, 11) is 0. The van der Waals surface area contributed by atoms with Crippen LogP contribution in [0.2, 0.25) is 0 Å². The lowest BCUT2D eigenvalue weighted by Gasteiger charge is -2.05. The van der Waals surface area contributed by atoms with Gasteiger partial charge in [-0.1, -0.05) is 39.0 Å². The number of hydrogen-bond donors (Lipinski definition) is 2. The van der Waals surface area contributed by atoms with Crippen molar-refractivity contribution < 1.29 is 5.11 Å². The molecular weight excluding hydrogens is 198 g/mol. The van der Waals surface area contributed by atoms with E-state index in [0.717, 1.165) is 12.8 Å². The van der Waals surface area contributed by atoms with Crippen LogP contribution in [-0.4, -0.2) is 11.7 Å². The van der Waals surface area contributed by atoms with Gasteiger partial charge in [0.15, 0.2) is 0 Å². The molecular formula is C14H23NO. The quantitative estimate of drug-likeness (QED) is 0.732. The van der Waals surface area contributed by atoms with Gasteiger partial charge < -0.3 is 10.4 Å². The molecule has 1 rings (SSSR count). The Balaban J connectivity index is 0.000000673. The highest BCUT2D eigenvalue weighted by Gasteiger charge is 1.92. The van der Waals surface area contributed by atoms with Gasteiger partial charge in [0, 0.05) is 12.2 Å². The standard InChI is InChI=1S/C12H19N.C2H4O/c1-3-5-11-6-8-12(9-7-11)13-10-4-2;1-2-3/h6-9,13H,3-5,10H2,1-2H3;2-3H,1H2. The van der Waals surface area contributed by atoms with Gasteiger partial charge in [-0.05, 0) is 30.5 Å². The highest BCUT2D eigenvalue weighted by molar-refractivity contribution is 5.44. The van der Waals surface area contributed by atoms with Crippen molar-refractivity contribution in [3.63, 3.8) is 0 Å². The Labute approximate surface area is 99.0 Å². The van der Waals surface area contributed by atoms with Crippen LogP contribution < -0.4 is 5.32 Å². The Hall–Kier alpha value is -1.44. The van der Waals surface area contributed by atoms with Gasteiger partial charge in [-0.25, -0.2) is 0 Å². The monoisotopic (exact) mass is 221 g/mol. The Morgan fingerprint density at radius 1 is 1.19 bits per heavy atom. The second kappa shape index (κ2) is 10.1. The lowest BCUT2D eigenvalue weighted by molar-refractivity contribution is 0.476. The van der Waals surface area contributed by atoms with Gasteiger partial charge in [-0.15, -0.1) is 0 Å². The number of nitrogens with one attached hydrogen (secondary N) is 1. The smallest absolute Gasteiger partial charge is 0.0719 e. The summed E-state index contributed by atoms with van der Waals surface area (Å²) in [5.74, 6) is 0. The molecule has 0 aliphatic heterocycles. The molecule has 2 heteroatoms. The first kappa shape index (κ1) is 14.6. The Morgan fingerprint density at radius 3 is 2.19 bits per heavy atom. The zero-order chi connectivity index (χ0) is 12.2. The summed E-state index contributed by atoms with van der Waals surface area (Å²) in [6.45, 7) is 8.37. The van der Waals surface area contributed by atoms with Gasteiger partial charge in [-0.3, -0.25) is 0 Å². The van der Waals surface area contributed by atoms with Crippen LogP contribution in [0.3, 0.4) is 0 Å². The van der Waals surface area contributed by atoms with Crippen LogP contribution in [0.15, 0.2) is 37.1 Å². The number of hydrogen-bond acceptors (Lipinski definition) is 2. The summed E-state index contributed by atoms with van der Waals surface area (Å²) in [6.07, 6.45) is 4.34. The van der Waals surface area contributed by atoms with Crippen LogP contribution >= 0.6 is 0 Å². The minimum Gasteiger partial charge on any atom is -0.516 e. The van der Waals surface area contributed by atoms with Crippen molar-refractivity contribution >= 4 is 5.69 Å². The summed E-state index contributed by atoms with van der Waals surface area (Å²) in [5, 5.41) is 10.7. The van der Waals surface area contributed by atoms with Gasteiger partial charge in [-0.2, -0.15) is 0 Å². The van der Waals surface area contributed by atoms with Crippen molar-refractivity contribution in [3.05, 3.63) is 42.7 Å². The third-order valence-electron chi connectivity index (χ3n) is 2.07. The molecule has 0 radical (unpaired) electrons. The van der Waals surface area contributed by atoms with E-state index in [1.54, 1.807) is 0 Å². The van der Waals surface area contributed by atoms with Crippen LogP contribution in [0.4, 0.5) is 5.69 Å². The molecule has 0 aliphatic rings. The van der Waals surface area contributed by atoms with Crippen LogP contribution in [0, 0.1) is 0 Å². The molecule has 0 heterocycles. The number of rotatable bonds is 5. The van der Waals surface area contributed by atoms with E-state index in [1.165, 1.54) is 30.5 Å². The van der Waals surface area contributed by atoms with Crippen LogP contribution in [0.5, 0.6) is 0 Å². The fraction of sp³-hybridized carbons (Fsp3) is 0.429. The second-order valence-corrected chi connectivity index (χ2v) is 3.56. The summed E-state index contributed by atoms with van der Waals surface area (Å²) >= 11 is 0. The highest BCUT2D eigenvalue weighted by Crippen LogP contribution is 2.10. The number of aliphatic hydroxyl groups excluding tert-OH is 1. The topological polar surface area (TPSA) is 32.3 Å². The molecule has 2 N–H and O–H groups in total. The second-order valence-electron chi connectivity index (χ2n) is 3.56. The minimum absolute atomic E-state index is 0.750. The first-order valence-electron chi connectivity index (χ1n) is 5.86. The zero-order valence-electron chi connectivity index (χ0n) is 10.4. The van der Waals surface area contributed by atoms with Gasteiger partial charge in [0.1, 0.15) is 0 Å². The molecule has 0 saturated carbocycles. The van der Waals surface area contributed by atoms with E-state index in [1.807, 2.05) is 0 Å². The fourth-order valence-electron chi connectivity index (χ4n) is 1.35. The number of aliphatic hydroxyl groups is 1. The van der Waals surface area contributed by atoms with E-state index < -0.39 is 0 Å². The predicted octanol–water partition coefficient (Wildman–Crippen LogP) is 4.15. The summed E-state index contributed by atoms with van der Waals surface area (Å²) < 4.78 is 0.